The summed E-state index contributed by atoms with van der Waals surface area (Å²) < 4.78 is 31.6. The molecule has 0 fully saturated rings. The van der Waals surface area contributed by atoms with Gasteiger partial charge in [-0.2, -0.15) is 0 Å². The number of fused-ring (bicyclic) bond motifs is 1. The van der Waals surface area contributed by atoms with E-state index in [-0.39, 0.29) is 32.2 Å². The molecule has 1 amide bonds. The van der Waals surface area contributed by atoms with Crippen LogP contribution in [0.4, 0.5) is 5.69 Å². The van der Waals surface area contributed by atoms with E-state index in [1.54, 1.807) is 0 Å². The van der Waals surface area contributed by atoms with Crippen LogP contribution in [0.2, 0.25) is 5.02 Å². The van der Waals surface area contributed by atoms with Gasteiger partial charge >= 0.3 is 0 Å². The molecular formula is C16H12ClN3O6S. The highest BCUT2D eigenvalue weighted by Gasteiger charge is 2.23. The lowest BCUT2D eigenvalue weighted by molar-refractivity contribution is -0.383. The minimum atomic E-state index is -4.15. The molecule has 27 heavy (non-hydrogen) atoms. The number of sulfonamides is 1. The van der Waals surface area contributed by atoms with E-state index in [0.717, 1.165) is 0 Å². The van der Waals surface area contributed by atoms with Crippen LogP contribution < -0.4 is 9.46 Å². The number of non-ortho nitro benzene ring substituents is 1. The minimum absolute atomic E-state index is 0.0273. The average molecular weight is 410 g/mol. The molecule has 0 saturated carbocycles. The number of methoxy groups -OCH3 is 1. The molecule has 1 heterocycles. The van der Waals surface area contributed by atoms with E-state index in [4.69, 9.17) is 16.3 Å². The van der Waals surface area contributed by atoms with Gasteiger partial charge in [0, 0.05) is 11.5 Å². The number of nitrogens with zero attached hydrogens (tertiary/aromatic N) is 1. The molecule has 0 saturated heterocycles. The summed E-state index contributed by atoms with van der Waals surface area (Å²) in [6.45, 7) is 0. The number of benzene rings is 2. The Morgan fingerprint density at radius 2 is 1.89 bits per heavy atom. The molecule has 11 heteroatoms. The summed E-state index contributed by atoms with van der Waals surface area (Å²) in [6, 6.07) is 9.20. The number of aromatic amines is 1. The highest BCUT2D eigenvalue weighted by atomic mass is 35.5. The SMILES string of the molecule is COc1ccc(S(=O)(=O)NC(=O)c2cc3c(Cl)ccc([N+](=O)[O-])c3[nH]2)cc1. The molecule has 1 aromatic heterocycles. The predicted molar refractivity (Wildman–Crippen MR) is 97.6 cm³/mol. The van der Waals surface area contributed by atoms with Gasteiger partial charge in [0.15, 0.2) is 0 Å². The molecule has 0 atom stereocenters. The summed E-state index contributed by atoms with van der Waals surface area (Å²) in [5.74, 6) is -0.523. The number of hydrogen-bond donors (Lipinski definition) is 2. The molecule has 0 unspecified atom stereocenters. The van der Waals surface area contributed by atoms with Crippen molar-refractivity contribution in [2.24, 2.45) is 0 Å². The molecule has 0 bridgehead atoms. The molecule has 2 aromatic carbocycles. The van der Waals surface area contributed by atoms with Gasteiger partial charge in [0.2, 0.25) is 0 Å². The van der Waals surface area contributed by atoms with Crippen LogP contribution in [0, 0.1) is 10.1 Å². The lowest BCUT2D eigenvalue weighted by atomic mass is 10.2. The smallest absolute Gasteiger partial charge is 0.293 e. The summed E-state index contributed by atoms with van der Waals surface area (Å²) in [4.78, 5) is 25.2. The van der Waals surface area contributed by atoms with Crippen molar-refractivity contribution in [1.29, 1.82) is 0 Å². The number of ether oxygens (including phenoxy) is 1. The van der Waals surface area contributed by atoms with Crippen LogP contribution in [-0.4, -0.2) is 31.3 Å². The summed E-state index contributed by atoms with van der Waals surface area (Å²) in [6.07, 6.45) is 0. The zero-order valence-electron chi connectivity index (χ0n) is 13.7. The number of hydrogen-bond acceptors (Lipinski definition) is 6. The fourth-order valence-corrected chi connectivity index (χ4v) is 3.61. The number of aromatic nitrogens is 1. The van der Waals surface area contributed by atoms with Crippen molar-refractivity contribution < 1.29 is 22.9 Å². The predicted octanol–water partition coefficient (Wildman–Crippen LogP) is 2.86. The molecule has 0 aliphatic heterocycles. The largest absolute Gasteiger partial charge is 0.497 e. The molecule has 0 spiro atoms. The number of H-pyrrole nitrogens is 1. The lowest BCUT2D eigenvalue weighted by Gasteiger charge is -2.06. The first-order valence-electron chi connectivity index (χ1n) is 7.40. The Hall–Kier alpha value is -3.11. The monoisotopic (exact) mass is 409 g/mol. The van der Waals surface area contributed by atoms with E-state index in [0.29, 0.717) is 5.75 Å². The third-order valence-corrected chi connectivity index (χ3v) is 5.43. The number of amides is 1. The lowest BCUT2D eigenvalue weighted by Crippen LogP contribution is -2.30. The molecule has 3 aromatic rings. The summed E-state index contributed by atoms with van der Waals surface area (Å²) in [7, 11) is -2.71. The van der Waals surface area contributed by atoms with Gasteiger partial charge in [-0.05, 0) is 36.4 Å². The van der Waals surface area contributed by atoms with Crippen LogP contribution in [0.5, 0.6) is 5.75 Å². The van der Waals surface area contributed by atoms with E-state index < -0.39 is 20.9 Å². The third-order valence-electron chi connectivity index (χ3n) is 3.76. The number of halogens is 1. The van der Waals surface area contributed by atoms with Crippen molar-refractivity contribution in [1.82, 2.24) is 9.71 Å². The highest BCUT2D eigenvalue weighted by molar-refractivity contribution is 7.90. The maximum atomic E-state index is 12.4. The Labute approximate surface area is 158 Å². The van der Waals surface area contributed by atoms with Gasteiger partial charge in [-0.15, -0.1) is 0 Å². The Bertz CT molecular complexity index is 1150. The van der Waals surface area contributed by atoms with Crippen molar-refractivity contribution in [2.45, 2.75) is 4.90 Å². The number of nitro benzene ring substituents is 1. The second-order valence-corrected chi connectivity index (χ2v) is 7.50. The second kappa shape index (κ2) is 6.89. The van der Waals surface area contributed by atoms with Gasteiger partial charge in [0.05, 0.1) is 22.0 Å². The highest BCUT2D eigenvalue weighted by Crippen LogP contribution is 2.31. The Morgan fingerprint density at radius 1 is 1.22 bits per heavy atom. The third kappa shape index (κ3) is 3.57. The molecule has 2 N–H and O–H groups in total. The van der Waals surface area contributed by atoms with Gasteiger partial charge in [-0.3, -0.25) is 14.9 Å². The molecule has 140 valence electrons. The van der Waals surface area contributed by atoms with Gasteiger partial charge < -0.3 is 9.72 Å². The first kappa shape index (κ1) is 18.7. The molecular weight excluding hydrogens is 398 g/mol. The molecule has 0 radical (unpaired) electrons. The van der Waals surface area contributed by atoms with Crippen LogP contribution in [-0.2, 0) is 10.0 Å². The normalized spacial score (nSPS) is 11.3. The van der Waals surface area contributed by atoms with E-state index in [2.05, 4.69) is 4.98 Å². The van der Waals surface area contributed by atoms with Crippen molar-refractivity contribution in [2.75, 3.05) is 7.11 Å². The number of carbonyl (C=O) groups excluding carboxylic acids is 1. The molecule has 9 nitrogen and oxygen atoms in total. The van der Waals surface area contributed by atoms with Gasteiger partial charge in [-0.25, -0.2) is 13.1 Å². The van der Waals surface area contributed by atoms with E-state index in [1.165, 1.54) is 49.6 Å². The van der Waals surface area contributed by atoms with Crippen molar-refractivity contribution in [3.05, 3.63) is 63.3 Å². The fraction of sp³-hybridized carbons (Fsp3) is 0.0625. The number of rotatable bonds is 5. The van der Waals surface area contributed by atoms with Crippen molar-refractivity contribution in [3.63, 3.8) is 0 Å². The zero-order chi connectivity index (χ0) is 19.8. The zero-order valence-corrected chi connectivity index (χ0v) is 15.3. The summed E-state index contributed by atoms with van der Waals surface area (Å²) in [5.41, 5.74) is -0.441. The average Bonchev–Trinajstić information content (AvgIpc) is 3.08. The van der Waals surface area contributed by atoms with E-state index in [9.17, 15) is 23.3 Å². The standard InChI is InChI=1S/C16H12ClN3O6S/c1-26-9-2-4-10(5-3-9)27(24,25)19-16(21)13-8-11-12(17)6-7-14(20(22)23)15(11)18-13/h2-8,18H,1H3,(H,19,21). The molecule has 3 rings (SSSR count). The number of nitrogens with one attached hydrogen (secondary N) is 2. The topological polar surface area (TPSA) is 131 Å². The maximum Gasteiger partial charge on any atom is 0.293 e. The second-order valence-electron chi connectivity index (χ2n) is 5.41. The van der Waals surface area contributed by atoms with Gasteiger partial charge in [0.25, 0.3) is 21.6 Å². The minimum Gasteiger partial charge on any atom is -0.497 e. The summed E-state index contributed by atoms with van der Waals surface area (Å²) in [5, 5.41) is 11.5. The molecule has 0 aliphatic carbocycles. The van der Waals surface area contributed by atoms with Crippen molar-refractivity contribution in [3.8, 4) is 5.75 Å². The Kier molecular flexibility index (Phi) is 4.77. The number of nitro groups is 1. The van der Waals surface area contributed by atoms with Gasteiger partial charge in [0.1, 0.15) is 17.0 Å². The van der Waals surface area contributed by atoms with E-state index >= 15 is 0 Å². The number of carbonyl (C=O) groups is 1. The first-order chi connectivity index (χ1) is 12.7. The Morgan fingerprint density at radius 3 is 2.48 bits per heavy atom. The van der Waals surface area contributed by atoms with E-state index in [1.807, 2.05) is 4.72 Å². The van der Waals surface area contributed by atoms with Crippen LogP contribution in [0.1, 0.15) is 10.5 Å². The van der Waals surface area contributed by atoms with Crippen molar-refractivity contribution >= 4 is 44.1 Å². The van der Waals surface area contributed by atoms with Crippen LogP contribution in [0.15, 0.2) is 47.4 Å². The van der Waals surface area contributed by atoms with Crippen LogP contribution in [0.3, 0.4) is 0 Å². The quantitative estimate of drug-likeness (QED) is 0.492. The van der Waals surface area contributed by atoms with Crippen LogP contribution in [0.25, 0.3) is 10.9 Å². The fourth-order valence-electron chi connectivity index (χ4n) is 2.44. The first-order valence-corrected chi connectivity index (χ1v) is 9.26. The Balaban J connectivity index is 1.94. The van der Waals surface area contributed by atoms with Gasteiger partial charge in [-0.1, -0.05) is 11.6 Å². The molecule has 0 aliphatic rings. The maximum absolute atomic E-state index is 12.4. The van der Waals surface area contributed by atoms with Crippen LogP contribution >= 0.6 is 11.6 Å². The summed E-state index contributed by atoms with van der Waals surface area (Å²) >= 11 is 6.00.